The molecular formula is C7H12N2O2. The molecule has 0 heterocycles. The molecule has 0 rings (SSSR count). The van der Waals surface area contributed by atoms with E-state index in [0.29, 0.717) is 0 Å². The van der Waals surface area contributed by atoms with E-state index in [1.807, 2.05) is 6.92 Å². The average Bonchev–Trinajstić information content (AvgIpc) is 2.01. The third-order valence-electron chi connectivity index (χ3n) is 1.02. The SMILES string of the molecule is C=CNC(=O)ON=C(C)CC. The second kappa shape index (κ2) is 5.46. The van der Waals surface area contributed by atoms with E-state index in [-0.39, 0.29) is 0 Å². The minimum Gasteiger partial charge on any atom is -0.298 e. The summed E-state index contributed by atoms with van der Waals surface area (Å²) in [5.74, 6) is 0. The summed E-state index contributed by atoms with van der Waals surface area (Å²) in [6, 6.07) is 0. The maximum absolute atomic E-state index is 10.6. The van der Waals surface area contributed by atoms with Crippen molar-refractivity contribution in [3.05, 3.63) is 12.8 Å². The number of hydrogen-bond acceptors (Lipinski definition) is 3. The Kier molecular flexibility index (Phi) is 4.81. The Morgan fingerprint density at radius 2 is 2.45 bits per heavy atom. The van der Waals surface area contributed by atoms with Crippen LogP contribution < -0.4 is 5.32 Å². The molecule has 4 nitrogen and oxygen atoms in total. The van der Waals surface area contributed by atoms with E-state index < -0.39 is 6.09 Å². The molecule has 4 heteroatoms. The molecule has 0 unspecified atom stereocenters. The lowest BCUT2D eigenvalue weighted by Gasteiger charge is -1.96. The lowest BCUT2D eigenvalue weighted by atomic mass is 10.3. The van der Waals surface area contributed by atoms with Gasteiger partial charge in [-0.3, -0.25) is 10.2 Å². The van der Waals surface area contributed by atoms with Crippen LogP contribution in [0, 0.1) is 0 Å². The van der Waals surface area contributed by atoms with Gasteiger partial charge in [0.25, 0.3) is 0 Å². The number of amides is 1. The van der Waals surface area contributed by atoms with E-state index in [9.17, 15) is 4.79 Å². The summed E-state index contributed by atoms with van der Waals surface area (Å²) < 4.78 is 0. The van der Waals surface area contributed by atoms with Crippen molar-refractivity contribution < 1.29 is 9.63 Å². The zero-order valence-electron chi connectivity index (χ0n) is 6.76. The number of nitrogens with one attached hydrogen (secondary N) is 1. The summed E-state index contributed by atoms with van der Waals surface area (Å²) in [5, 5.41) is 5.74. The van der Waals surface area contributed by atoms with E-state index >= 15 is 0 Å². The molecular weight excluding hydrogens is 144 g/mol. The van der Waals surface area contributed by atoms with Gasteiger partial charge in [-0.05, 0) is 13.3 Å². The lowest BCUT2D eigenvalue weighted by Crippen LogP contribution is -2.15. The number of carbonyl (C=O) groups is 1. The summed E-state index contributed by atoms with van der Waals surface area (Å²) >= 11 is 0. The Balaban J connectivity index is 3.68. The Bertz CT molecular complexity index is 175. The highest BCUT2D eigenvalue weighted by molar-refractivity contribution is 5.81. The fraction of sp³-hybridized carbons (Fsp3) is 0.429. The molecule has 0 aliphatic carbocycles. The van der Waals surface area contributed by atoms with E-state index in [0.717, 1.165) is 12.1 Å². The van der Waals surface area contributed by atoms with Gasteiger partial charge in [-0.1, -0.05) is 18.7 Å². The third kappa shape index (κ3) is 5.14. The van der Waals surface area contributed by atoms with Crippen LogP contribution in [0.5, 0.6) is 0 Å². The molecule has 0 atom stereocenters. The normalized spacial score (nSPS) is 10.5. The monoisotopic (exact) mass is 156 g/mol. The van der Waals surface area contributed by atoms with Gasteiger partial charge in [-0.25, -0.2) is 4.79 Å². The molecule has 0 radical (unpaired) electrons. The quantitative estimate of drug-likeness (QED) is 0.383. The molecule has 0 spiro atoms. The number of hydrogen-bond donors (Lipinski definition) is 1. The van der Waals surface area contributed by atoms with Crippen molar-refractivity contribution in [1.29, 1.82) is 0 Å². The van der Waals surface area contributed by atoms with Gasteiger partial charge in [0.05, 0.1) is 5.71 Å². The van der Waals surface area contributed by atoms with E-state index in [2.05, 4.69) is 21.9 Å². The van der Waals surface area contributed by atoms with Crippen LogP contribution in [-0.2, 0) is 4.84 Å². The predicted molar refractivity (Wildman–Crippen MR) is 43.2 cm³/mol. The van der Waals surface area contributed by atoms with Crippen molar-refractivity contribution in [2.75, 3.05) is 0 Å². The molecule has 0 aliphatic rings. The van der Waals surface area contributed by atoms with Crippen molar-refractivity contribution in [2.45, 2.75) is 20.3 Å². The number of oxime groups is 1. The highest BCUT2D eigenvalue weighted by Gasteiger charge is 1.95. The Hall–Kier alpha value is -1.32. The smallest absolute Gasteiger partial charge is 0.298 e. The Labute approximate surface area is 65.9 Å². The summed E-state index contributed by atoms with van der Waals surface area (Å²) in [5.41, 5.74) is 0.768. The van der Waals surface area contributed by atoms with Crippen molar-refractivity contribution in [3.63, 3.8) is 0 Å². The molecule has 0 saturated carbocycles. The van der Waals surface area contributed by atoms with Gasteiger partial charge in [0.1, 0.15) is 0 Å². The molecule has 0 aromatic heterocycles. The maximum Gasteiger partial charge on any atom is 0.437 e. The summed E-state index contributed by atoms with van der Waals surface area (Å²) in [6.07, 6.45) is 1.38. The number of carbonyl (C=O) groups excluding carboxylic acids is 1. The molecule has 0 aromatic rings. The summed E-state index contributed by atoms with van der Waals surface area (Å²) in [7, 11) is 0. The molecule has 62 valence electrons. The minimum absolute atomic E-state index is 0.618. The van der Waals surface area contributed by atoms with Crippen LogP contribution in [-0.4, -0.2) is 11.8 Å². The van der Waals surface area contributed by atoms with Crippen LogP contribution in [0.25, 0.3) is 0 Å². The first-order valence-electron chi connectivity index (χ1n) is 3.32. The van der Waals surface area contributed by atoms with Gasteiger partial charge in [-0.15, -0.1) is 0 Å². The summed E-state index contributed by atoms with van der Waals surface area (Å²) in [4.78, 5) is 15.0. The molecule has 0 aliphatic heterocycles. The van der Waals surface area contributed by atoms with E-state index in [1.54, 1.807) is 6.92 Å². The van der Waals surface area contributed by atoms with Crippen LogP contribution in [0.1, 0.15) is 20.3 Å². The molecule has 1 N–H and O–H groups in total. The highest BCUT2D eigenvalue weighted by Crippen LogP contribution is 1.86. The fourth-order valence-corrected chi connectivity index (χ4v) is 0.294. The molecule has 0 saturated heterocycles. The average molecular weight is 156 g/mol. The minimum atomic E-state index is -0.618. The molecule has 0 bridgehead atoms. The third-order valence-corrected chi connectivity index (χ3v) is 1.02. The highest BCUT2D eigenvalue weighted by atomic mass is 16.7. The van der Waals surface area contributed by atoms with Crippen molar-refractivity contribution in [2.24, 2.45) is 5.16 Å². The molecule has 0 aromatic carbocycles. The van der Waals surface area contributed by atoms with Crippen molar-refractivity contribution in [1.82, 2.24) is 5.32 Å². The topological polar surface area (TPSA) is 50.7 Å². The van der Waals surface area contributed by atoms with Gasteiger partial charge in [-0.2, -0.15) is 0 Å². The second-order valence-electron chi connectivity index (χ2n) is 1.91. The van der Waals surface area contributed by atoms with Gasteiger partial charge < -0.3 is 0 Å². The molecule has 11 heavy (non-hydrogen) atoms. The Morgan fingerprint density at radius 3 is 2.91 bits per heavy atom. The standard InChI is InChI=1S/C7H12N2O2/c1-4-6(3)9-11-7(10)8-5-2/h5H,2,4H2,1,3H3,(H,8,10). The van der Waals surface area contributed by atoms with E-state index in [4.69, 9.17) is 0 Å². The van der Waals surface area contributed by atoms with Gasteiger partial charge in [0.15, 0.2) is 0 Å². The Morgan fingerprint density at radius 1 is 1.82 bits per heavy atom. The van der Waals surface area contributed by atoms with Crippen LogP contribution in [0.15, 0.2) is 17.9 Å². The van der Waals surface area contributed by atoms with Gasteiger partial charge >= 0.3 is 6.09 Å². The number of nitrogens with zero attached hydrogens (tertiary/aromatic N) is 1. The second-order valence-corrected chi connectivity index (χ2v) is 1.91. The van der Waals surface area contributed by atoms with Crippen LogP contribution in [0.2, 0.25) is 0 Å². The molecule has 1 amide bonds. The van der Waals surface area contributed by atoms with E-state index in [1.165, 1.54) is 6.20 Å². The van der Waals surface area contributed by atoms with Crippen LogP contribution in [0.4, 0.5) is 4.79 Å². The first kappa shape index (κ1) is 9.68. The predicted octanol–water partition coefficient (Wildman–Crippen LogP) is 1.64. The fourth-order valence-electron chi connectivity index (χ4n) is 0.294. The number of rotatable bonds is 3. The van der Waals surface area contributed by atoms with Gasteiger partial charge in [0.2, 0.25) is 0 Å². The summed E-state index contributed by atoms with van der Waals surface area (Å²) in [6.45, 7) is 6.99. The lowest BCUT2D eigenvalue weighted by molar-refractivity contribution is 0.154. The first-order chi connectivity index (χ1) is 5.20. The first-order valence-corrected chi connectivity index (χ1v) is 3.32. The zero-order valence-corrected chi connectivity index (χ0v) is 6.76. The maximum atomic E-state index is 10.6. The molecule has 0 fully saturated rings. The largest absolute Gasteiger partial charge is 0.437 e. The van der Waals surface area contributed by atoms with Crippen LogP contribution >= 0.6 is 0 Å². The van der Waals surface area contributed by atoms with Crippen molar-refractivity contribution >= 4 is 11.8 Å². The van der Waals surface area contributed by atoms with Crippen LogP contribution in [0.3, 0.4) is 0 Å². The van der Waals surface area contributed by atoms with Crippen molar-refractivity contribution in [3.8, 4) is 0 Å². The zero-order chi connectivity index (χ0) is 8.69. The van der Waals surface area contributed by atoms with Gasteiger partial charge in [0, 0.05) is 6.20 Å².